The molecule has 0 amide bonds. The maximum Gasteiger partial charge on any atom is 0.168 e. The number of carbonyl (C=O) groups excluding carboxylic acids is 1. The lowest BCUT2D eigenvalue weighted by Gasteiger charge is -2.23. The number of rotatable bonds is 9. The van der Waals surface area contributed by atoms with Crippen molar-refractivity contribution in [3.63, 3.8) is 0 Å². The van der Waals surface area contributed by atoms with E-state index in [1.165, 1.54) is 12.1 Å². The van der Waals surface area contributed by atoms with E-state index in [-0.39, 0.29) is 29.9 Å². The van der Waals surface area contributed by atoms with E-state index >= 15 is 0 Å². The van der Waals surface area contributed by atoms with Gasteiger partial charge < -0.3 is 9.94 Å². The fourth-order valence-corrected chi connectivity index (χ4v) is 3.92. The minimum Gasteiger partial charge on any atom is -0.511 e. The highest BCUT2D eigenvalue weighted by molar-refractivity contribution is 7.99. The average molecular weight is 377 g/mol. The van der Waals surface area contributed by atoms with Gasteiger partial charge in [-0.15, -0.1) is 11.8 Å². The van der Waals surface area contributed by atoms with Crippen molar-refractivity contribution in [2.75, 3.05) is 12.4 Å². The van der Waals surface area contributed by atoms with Crippen molar-refractivity contribution in [1.82, 2.24) is 0 Å². The normalized spacial score (nSPS) is 18.2. The lowest BCUT2D eigenvalue weighted by Crippen LogP contribution is -2.25. The highest BCUT2D eigenvalue weighted by Gasteiger charge is 2.30. The fourth-order valence-electron chi connectivity index (χ4n) is 2.86. The second-order valence-electron chi connectivity index (χ2n) is 6.09. The lowest BCUT2D eigenvalue weighted by molar-refractivity contribution is -0.116. The minimum atomic E-state index is -0.252. The van der Waals surface area contributed by atoms with Crippen LogP contribution >= 0.6 is 11.8 Å². The summed E-state index contributed by atoms with van der Waals surface area (Å²) in [6.07, 6.45) is 3.67. The molecule has 1 aliphatic rings. The van der Waals surface area contributed by atoms with Crippen LogP contribution < -0.4 is 0 Å². The van der Waals surface area contributed by atoms with Gasteiger partial charge in [-0.05, 0) is 42.7 Å². The first-order chi connectivity index (χ1) is 12.5. The molecule has 0 radical (unpaired) electrons. The fraction of sp³-hybridized carbons (Fsp3) is 0.400. The summed E-state index contributed by atoms with van der Waals surface area (Å²) in [4.78, 5) is 18.4. The van der Waals surface area contributed by atoms with E-state index in [0.717, 1.165) is 17.1 Å². The average Bonchev–Trinajstić information content (AvgIpc) is 2.60. The molecule has 0 heterocycles. The molecule has 0 aliphatic heterocycles. The number of Topliss-reactive ketones (excluding diaryl/α,β-unsaturated/α-hetero) is 1. The van der Waals surface area contributed by atoms with Gasteiger partial charge in [0.2, 0.25) is 0 Å². The van der Waals surface area contributed by atoms with Gasteiger partial charge in [0.05, 0.1) is 11.3 Å². The van der Waals surface area contributed by atoms with Crippen molar-refractivity contribution in [1.29, 1.82) is 0 Å². The monoisotopic (exact) mass is 377 g/mol. The smallest absolute Gasteiger partial charge is 0.168 e. The van der Waals surface area contributed by atoms with Crippen LogP contribution in [0.15, 0.2) is 58.3 Å². The summed E-state index contributed by atoms with van der Waals surface area (Å²) in [5.74, 6) is 0.584. The second kappa shape index (κ2) is 10.2. The quantitative estimate of drug-likeness (QED) is 0.215. The molecule has 1 unspecified atom stereocenters. The SMILES string of the molecule is C=CCO/N=C(/CC)C1=C(O)CC(CCSc2cccc(F)c2)CC1=O. The van der Waals surface area contributed by atoms with Gasteiger partial charge in [0.15, 0.2) is 5.78 Å². The summed E-state index contributed by atoms with van der Waals surface area (Å²) in [7, 11) is 0. The van der Waals surface area contributed by atoms with Crippen LogP contribution in [0.3, 0.4) is 0 Å². The second-order valence-corrected chi connectivity index (χ2v) is 7.26. The van der Waals surface area contributed by atoms with Gasteiger partial charge in [0.1, 0.15) is 18.2 Å². The molecule has 140 valence electrons. The Morgan fingerprint density at radius 2 is 2.31 bits per heavy atom. The first kappa shape index (κ1) is 20.2. The molecule has 1 aromatic carbocycles. The van der Waals surface area contributed by atoms with Crippen LogP contribution in [0.4, 0.5) is 4.39 Å². The molecule has 0 saturated carbocycles. The van der Waals surface area contributed by atoms with Gasteiger partial charge in [-0.3, -0.25) is 4.79 Å². The molecule has 1 N–H and O–H groups in total. The number of hydrogen-bond donors (Lipinski definition) is 1. The third-order valence-electron chi connectivity index (χ3n) is 4.11. The van der Waals surface area contributed by atoms with Crippen molar-refractivity contribution in [3.05, 3.63) is 54.1 Å². The lowest BCUT2D eigenvalue weighted by atomic mass is 9.83. The van der Waals surface area contributed by atoms with Gasteiger partial charge >= 0.3 is 0 Å². The van der Waals surface area contributed by atoms with E-state index in [4.69, 9.17) is 4.84 Å². The summed E-state index contributed by atoms with van der Waals surface area (Å²) in [6, 6.07) is 6.46. The van der Waals surface area contributed by atoms with E-state index in [2.05, 4.69) is 11.7 Å². The van der Waals surface area contributed by atoms with E-state index in [1.807, 2.05) is 13.0 Å². The molecule has 0 fully saturated rings. The Balaban J connectivity index is 1.95. The Bertz CT molecular complexity index is 715. The Kier molecular flexibility index (Phi) is 7.91. The number of halogens is 1. The molecule has 26 heavy (non-hydrogen) atoms. The molecule has 1 atom stereocenters. The van der Waals surface area contributed by atoms with Crippen molar-refractivity contribution < 1.29 is 19.1 Å². The molecule has 0 bridgehead atoms. The van der Waals surface area contributed by atoms with Crippen molar-refractivity contribution in [2.24, 2.45) is 11.1 Å². The number of nitrogens with zero attached hydrogens (tertiary/aromatic N) is 1. The van der Waals surface area contributed by atoms with Crippen molar-refractivity contribution in [2.45, 2.75) is 37.5 Å². The van der Waals surface area contributed by atoms with Crippen LogP contribution in [0.1, 0.15) is 32.6 Å². The van der Waals surface area contributed by atoms with E-state index in [0.29, 0.717) is 30.5 Å². The molecule has 0 aromatic heterocycles. The number of carbonyl (C=O) groups is 1. The molecule has 2 rings (SSSR count). The van der Waals surface area contributed by atoms with Gasteiger partial charge in [0.25, 0.3) is 0 Å². The number of aliphatic hydroxyl groups is 1. The van der Waals surface area contributed by atoms with Crippen LogP contribution in [0.5, 0.6) is 0 Å². The number of thioether (sulfide) groups is 1. The van der Waals surface area contributed by atoms with Crippen LogP contribution in [0.2, 0.25) is 0 Å². The molecule has 6 heteroatoms. The largest absolute Gasteiger partial charge is 0.511 e. The molecule has 0 spiro atoms. The zero-order chi connectivity index (χ0) is 18.9. The number of oxime groups is 1. The topological polar surface area (TPSA) is 58.9 Å². The summed E-state index contributed by atoms with van der Waals surface area (Å²) in [5, 5.41) is 14.3. The third kappa shape index (κ3) is 5.73. The molecule has 0 saturated heterocycles. The minimum absolute atomic E-state index is 0.0829. The number of benzene rings is 1. The maximum atomic E-state index is 13.2. The summed E-state index contributed by atoms with van der Waals surface area (Å²) in [6.45, 7) is 5.67. The van der Waals surface area contributed by atoms with Crippen LogP contribution in [-0.2, 0) is 9.63 Å². The van der Waals surface area contributed by atoms with Crippen LogP contribution in [0.25, 0.3) is 0 Å². The van der Waals surface area contributed by atoms with Gasteiger partial charge in [-0.2, -0.15) is 0 Å². The van der Waals surface area contributed by atoms with Gasteiger partial charge in [-0.25, -0.2) is 4.39 Å². The van der Waals surface area contributed by atoms with E-state index in [9.17, 15) is 14.3 Å². The molecular formula is C20H24FNO3S. The highest BCUT2D eigenvalue weighted by Crippen LogP contribution is 2.31. The zero-order valence-corrected chi connectivity index (χ0v) is 15.7. The predicted octanol–water partition coefficient (Wildman–Crippen LogP) is 5.07. The van der Waals surface area contributed by atoms with E-state index in [1.54, 1.807) is 23.9 Å². The number of ketones is 1. The Labute approximate surface area is 157 Å². The third-order valence-corrected chi connectivity index (χ3v) is 5.13. The summed E-state index contributed by atoms with van der Waals surface area (Å²) in [5.41, 5.74) is 0.771. The van der Waals surface area contributed by atoms with E-state index < -0.39 is 0 Å². The predicted molar refractivity (Wildman–Crippen MR) is 103 cm³/mol. The molecule has 1 aromatic rings. The van der Waals surface area contributed by atoms with Crippen molar-refractivity contribution in [3.8, 4) is 0 Å². The Hall–Kier alpha value is -2.08. The Morgan fingerprint density at radius 1 is 1.50 bits per heavy atom. The summed E-state index contributed by atoms with van der Waals surface area (Å²) >= 11 is 1.55. The molecule has 4 nitrogen and oxygen atoms in total. The van der Waals surface area contributed by atoms with Crippen LogP contribution in [0, 0.1) is 11.7 Å². The maximum absolute atomic E-state index is 13.2. The van der Waals surface area contributed by atoms with Crippen LogP contribution in [-0.4, -0.2) is 29.0 Å². The van der Waals surface area contributed by atoms with Gasteiger partial charge in [-0.1, -0.05) is 30.8 Å². The summed E-state index contributed by atoms with van der Waals surface area (Å²) < 4.78 is 13.2. The molecule has 1 aliphatic carbocycles. The van der Waals surface area contributed by atoms with Gasteiger partial charge in [0, 0.05) is 17.7 Å². The zero-order valence-electron chi connectivity index (χ0n) is 14.9. The number of hydrogen-bond acceptors (Lipinski definition) is 5. The number of aliphatic hydroxyl groups excluding tert-OH is 1. The first-order valence-corrected chi connectivity index (χ1v) is 9.67. The molecular weight excluding hydrogens is 353 g/mol. The number of allylic oxidation sites excluding steroid dienone is 2. The Morgan fingerprint density at radius 3 is 2.96 bits per heavy atom. The first-order valence-electron chi connectivity index (χ1n) is 8.68. The highest BCUT2D eigenvalue weighted by atomic mass is 32.2. The standard InChI is InChI=1S/C20H24FNO3S/c1-3-9-25-22-17(4-2)20-18(23)11-14(12-19(20)24)8-10-26-16-7-5-6-15(21)13-16/h3,5-7,13-14,23H,1,4,8-12H2,2H3/b22-17-. The van der Waals surface area contributed by atoms with Crippen molar-refractivity contribution >= 4 is 23.3 Å².